The Labute approximate surface area is 104 Å². The van der Waals surface area contributed by atoms with Crippen molar-refractivity contribution in [2.45, 2.75) is 38.3 Å². The van der Waals surface area contributed by atoms with Gasteiger partial charge in [0.1, 0.15) is 0 Å². The molecule has 3 heteroatoms. The summed E-state index contributed by atoms with van der Waals surface area (Å²) in [6.45, 7) is 4.38. The van der Waals surface area contributed by atoms with Crippen LogP contribution in [0.3, 0.4) is 0 Å². The minimum atomic E-state index is 0.631. The summed E-state index contributed by atoms with van der Waals surface area (Å²) in [4.78, 5) is 6.81. The van der Waals surface area contributed by atoms with Crippen molar-refractivity contribution in [2.75, 3.05) is 20.1 Å². The van der Waals surface area contributed by atoms with Crippen molar-refractivity contribution in [3.05, 3.63) is 30.1 Å². The smallest absolute Gasteiger partial charge is 0.0416 e. The van der Waals surface area contributed by atoms with Gasteiger partial charge >= 0.3 is 0 Å². The number of likely N-dealkylation sites (N-methyl/N-ethyl adjacent to an activating group) is 1. The van der Waals surface area contributed by atoms with Crippen molar-refractivity contribution in [1.29, 1.82) is 0 Å². The van der Waals surface area contributed by atoms with Crippen LogP contribution in [0.4, 0.5) is 0 Å². The van der Waals surface area contributed by atoms with Crippen molar-refractivity contribution >= 4 is 0 Å². The maximum atomic E-state index is 4.32. The molecule has 0 amide bonds. The molecular weight excluding hydrogens is 210 g/mol. The van der Waals surface area contributed by atoms with Crippen LogP contribution in [0.2, 0.25) is 0 Å². The van der Waals surface area contributed by atoms with Gasteiger partial charge in [0.15, 0.2) is 0 Å². The predicted octanol–water partition coefficient (Wildman–Crippen LogP) is 1.70. The average molecular weight is 233 g/mol. The molecule has 1 aliphatic carbocycles. The quantitative estimate of drug-likeness (QED) is 0.727. The molecule has 0 aliphatic heterocycles. The topological polar surface area (TPSA) is 28.2 Å². The second kappa shape index (κ2) is 6.12. The van der Waals surface area contributed by atoms with Gasteiger partial charge in [0, 0.05) is 43.5 Å². The van der Waals surface area contributed by atoms with Crippen molar-refractivity contribution in [3.8, 4) is 0 Å². The summed E-state index contributed by atoms with van der Waals surface area (Å²) in [5.74, 6) is 0. The summed E-state index contributed by atoms with van der Waals surface area (Å²) in [7, 11) is 2.24. The standard InChI is InChI=1S/C14H23N3/c1-12(17(2)14-6-7-14)11-15-10-8-13-5-3-4-9-16-13/h3-5,9,12,14-15H,6-8,10-11H2,1-2H3. The number of nitrogens with one attached hydrogen (secondary N) is 1. The van der Waals surface area contributed by atoms with Crippen molar-refractivity contribution in [3.63, 3.8) is 0 Å². The molecule has 94 valence electrons. The van der Waals surface area contributed by atoms with Gasteiger partial charge < -0.3 is 5.32 Å². The van der Waals surface area contributed by atoms with E-state index < -0.39 is 0 Å². The zero-order valence-corrected chi connectivity index (χ0v) is 10.9. The number of pyridine rings is 1. The fourth-order valence-electron chi connectivity index (χ4n) is 2.06. The molecular formula is C14H23N3. The van der Waals surface area contributed by atoms with E-state index in [1.807, 2.05) is 18.3 Å². The van der Waals surface area contributed by atoms with E-state index in [0.717, 1.165) is 25.6 Å². The minimum absolute atomic E-state index is 0.631. The van der Waals surface area contributed by atoms with Crippen LogP contribution in [0.5, 0.6) is 0 Å². The highest BCUT2D eigenvalue weighted by Crippen LogP contribution is 2.26. The third-order valence-corrected chi connectivity index (χ3v) is 3.54. The maximum Gasteiger partial charge on any atom is 0.0416 e. The molecule has 3 nitrogen and oxygen atoms in total. The van der Waals surface area contributed by atoms with Gasteiger partial charge in [0.2, 0.25) is 0 Å². The molecule has 0 saturated heterocycles. The Morgan fingerprint density at radius 3 is 2.94 bits per heavy atom. The normalized spacial score (nSPS) is 17.4. The molecule has 0 spiro atoms. The Hall–Kier alpha value is -0.930. The molecule has 2 rings (SSSR count). The predicted molar refractivity (Wildman–Crippen MR) is 71.1 cm³/mol. The number of aromatic nitrogens is 1. The minimum Gasteiger partial charge on any atom is -0.315 e. The highest BCUT2D eigenvalue weighted by Gasteiger charge is 2.28. The van der Waals surface area contributed by atoms with E-state index in [-0.39, 0.29) is 0 Å². The van der Waals surface area contributed by atoms with E-state index in [2.05, 4.69) is 35.2 Å². The van der Waals surface area contributed by atoms with E-state index >= 15 is 0 Å². The van der Waals surface area contributed by atoms with Gasteiger partial charge in [-0.1, -0.05) is 6.07 Å². The average Bonchev–Trinajstić information content (AvgIpc) is 3.19. The molecule has 0 aromatic carbocycles. The van der Waals surface area contributed by atoms with Crippen LogP contribution in [0, 0.1) is 0 Å². The van der Waals surface area contributed by atoms with E-state index in [1.54, 1.807) is 0 Å². The number of rotatable bonds is 7. The van der Waals surface area contributed by atoms with E-state index in [1.165, 1.54) is 18.5 Å². The van der Waals surface area contributed by atoms with Gasteiger partial charge in [0.25, 0.3) is 0 Å². The van der Waals surface area contributed by atoms with Crippen molar-refractivity contribution in [2.24, 2.45) is 0 Å². The third kappa shape index (κ3) is 4.10. The molecule has 0 bridgehead atoms. The number of hydrogen-bond donors (Lipinski definition) is 1. The Morgan fingerprint density at radius 2 is 2.29 bits per heavy atom. The first-order valence-electron chi connectivity index (χ1n) is 6.60. The van der Waals surface area contributed by atoms with E-state index in [9.17, 15) is 0 Å². The molecule has 1 fully saturated rings. The lowest BCUT2D eigenvalue weighted by Gasteiger charge is -2.24. The zero-order chi connectivity index (χ0) is 12.1. The molecule has 1 saturated carbocycles. The largest absolute Gasteiger partial charge is 0.315 e. The molecule has 17 heavy (non-hydrogen) atoms. The van der Waals surface area contributed by atoms with Crippen molar-refractivity contribution in [1.82, 2.24) is 15.2 Å². The van der Waals surface area contributed by atoms with Crippen LogP contribution in [-0.4, -0.2) is 42.1 Å². The van der Waals surface area contributed by atoms with Gasteiger partial charge in [-0.25, -0.2) is 0 Å². The lowest BCUT2D eigenvalue weighted by molar-refractivity contribution is 0.241. The Balaban J connectivity index is 1.59. The van der Waals surface area contributed by atoms with Gasteiger partial charge in [-0.15, -0.1) is 0 Å². The summed E-state index contributed by atoms with van der Waals surface area (Å²) < 4.78 is 0. The summed E-state index contributed by atoms with van der Waals surface area (Å²) in [6, 6.07) is 7.57. The Morgan fingerprint density at radius 1 is 1.47 bits per heavy atom. The van der Waals surface area contributed by atoms with Crippen molar-refractivity contribution < 1.29 is 0 Å². The fourth-order valence-corrected chi connectivity index (χ4v) is 2.06. The monoisotopic (exact) mass is 233 g/mol. The van der Waals surface area contributed by atoms with Crippen LogP contribution < -0.4 is 5.32 Å². The summed E-state index contributed by atoms with van der Waals surface area (Å²) in [5, 5.41) is 3.52. The highest BCUT2D eigenvalue weighted by molar-refractivity contribution is 5.03. The third-order valence-electron chi connectivity index (χ3n) is 3.54. The molecule has 1 aliphatic rings. The molecule has 1 unspecified atom stereocenters. The molecule has 1 heterocycles. The summed E-state index contributed by atoms with van der Waals surface area (Å²) in [5.41, 5.74) is 1.17. The van der Waals surface area contributed by atoms with Gasteiger partial charge in [-0.2, -0.15) is 0 Å². The Bertz CT molecular complexity index is 321. The second-order valence-electron chi connectivity index (χ2n) is 5.02. The van der Waals surface area contributed by atoms with Gasteiger partial charge in [0.05, 0.1) is 0 Å². The van der Waals surface area contributed by atoms with Crippen LogP contribution in [0.1, 0.15) is 25.5 Å². The molecule has 1 N–H and O–H groups in total. The second-order valence-corrected chi connectivity index (χ2v) is 5.02. The van der Waals surface area contributed by atoms with Gasteiger partial charge in [-0.05, 0) is 38.9 Å². The summed E-state index contributed by atoms with van der Waals surface area (Å²) >= 11 is 0. The van der Waals surface area contributed by atoms with Crippen LogP contribution in [0.15, 0.2) is 24.4 Å². The van der Waals surface area contributed by atoms with E-state index in [0.29, 0.717) is 6.04 Å². The Kier molecular flexibility index (Phi) is 4.51. The molecule has 0 radical (unpaired) electrons. The fraction of sp³-hybridized carbons (Fsp3) is 0.643. The van der Waals surface area contributed by atoms with Crippen LogP contribution in [-0.2, 0) is 6.42 Å². The molecule has 1 atom stereocenters. The first-order chi connectivity index (χ1) is 8.27. The lowest BCUT2D eigenvalue weighted by Crippen LogP contribution is -2.39. The lowest BCUT2D eigenvalue weighted by atomic mass is 10.2. The zero-order valence-electron chi connectivity index (χ0n) is 10.9. The van der Waals surface area contributed by atoms with E-state index in [4.69, 9.17) is 0 Å². The number of hydrogen-bond acceptors (Lipinski definition) is 3. The SMILES string of the molecule is CC(CNCCc1ccccn1)N(C)C1CC1. The first-order valence-corrected chi connectivity index (χ1v) is 6.60. The molecule has 1 aromatic heterocycles. The first kappa shape index (κ1) is 12.5. The maximum absolute atomic E-state index is 4.32. The van der Waals surface area contributed by atoms with Crippen LogP contribution >= 0.6 is 0 Å². The summed E-state index contributed by atoms with van der Waals surface area (Å²) in [6.07, 6.45) is 5.64. The van der Waals surface area contributed by atoms with Gasteiger partial charge in [-0.3, -0.25) is 9.88 Å². The van der Waals surface area contributed by atoms with Crippen LogP contribution in [0.25, 0.3) is 0 Å². The number of nitrogens with zero attached hydrogens (tertiary/aromatic N) is 2. The highest BCUT2D eigenvalue weighted by atomic mass is 15.2. The molecule has 1 aromatic rings.